The summed E-state index contributed by atoms with van der Waals surface area (Å²) in [7, 11) is 0. The van der Waals surface area contributed by atoms with Crippen LogP contribution in [0.25, 0.3) is 11.0 Å². The minimum absolute atomic E-state index is 0.00741. The van der Waals surface area contributed by atoms with Crippen LogP contribution in [0.4, 0.5) is 5.69 Å². The molecule has 14 heavy (non-hydrogen) atoms. The summed E-state index contributed by atoms with van der Waals surface area (Å²) in [5.74, 6) is 0.00741. The zero-order valence-corrected chi connectivity index (χ0v) is 9.36. The van der Waals surface area contributed by atoms with E-state index in [1.54, 1.807) is 0 Å². The molecule has 5 heteroatoms. The molecule has 0 saturated heterocycles. The molecule has 2 aromatic rings. The fourth-order valence-electron chi connectivity index (χ4n) is 1.15. The Hall–Kier alpha value is -1.19. The molecule has 0 aliphatic rings. The van der Waals surface area contributed by atoms with Gasteiger partial charge in [-0.1, -0.05) is 0 Å². The molecule has 0 bridgehead atoms. The van der Waals surface area contributed by atoms with E-state index in [0.717, 1.165) is 16.7 Å². The van der Waals surface area contributed by atoms with Crippen molar-refractivity contribution in [2.75, 3.05) is 5.32 Å². The predicted octanol–water partition coefficient (Wildman–Crippen LogP) is 1.04. The van der Waals surface area contributed by atoms with Gasteiger partial charge in [0.25, 0.3) is 0 Å². The minimum atomic E-state index is -0.0463. The number of hydrogen-bond acceptors (Lipinski definition) is 3. The molecule has 0 aliphatic carbocycles. The van der Waals surface area contributed by atoms with Gasteiger partial charge in [0.15, 0.2) is 0 Å². The molecule has 1 aromatic heterocycles. The van der Waals surface area contributed by atoms with Crippen LogP contribution in [0, 0.1) is 0 Å². The summed E-state index contributed by atoms with van der Waals surface area (Å²) in [4.78, 5) is 11.2. The van der Waals surface area contributed by atoms with Crippen molar-refractivity contribution in [3.05, 3.63) is 18.2 Å². The first-order valence-electron chi connectivity index (χ1n) is 4.32. The van der Waals surface area contributed by atoms with E-state index in [-0.39, 0.29) is 20.9 Å². The average Bonchev–Trinajstić information content (AvgIpc) is 2.66. The fourth-order valence-corrected chi connectivity index (χ4v) is 2.30. The third-order valence-electron chi connectivity index (χ3n) is 1.88. The molecule has 0 spiro atoms. The molecule has 4 nitrogen and oxygen atoms in total. The van der Waals surface area contributed by atoms with E-state index in [4.69, 9.17) is 0 Å². The van der Waals surface area contributed by atoms with Gasteiger partial charge in [0.05, 0.1) is 0 Å². The number of carbonyl (C=O) groups is 1. The summed E-state index contributed by atoms with van der Waals surface area (Å²) in [6, 6.07) is 5.65. The number of fused-ring (bicyclic) bond motifs is 1. The number of anilines is 1. The Labute approximate surface area is 87.6 Å². The second-order valence-electron chi connectivity index (χ2n) is 2.84. The first-order chi connectivity index (χ1) is 6.81. The normalized spacial score (nSPS) is 10.4. The molecule has 1 amide bonds. The first-order valence-corrected chi connectivity index (χ1v) is 5.85. The Kier molecular flexibility index (Phi) is 2.61. The number of nitrogens with one attached hydrogen (secondary N) is 1. The van der Waals surface area contributed by atoms with Gasteiger partial charge in [0, 0.05) is 0 Å². The van der Waals surface area contributed by atoms with Crippen LogP contribution < -0.4 is 5.32 Å². The topological polar surface area (TPSA) is 54.9 Å². The molecular weight excluding hydrogens is 245 g/mol. The van der Waals surface area contributed by atoms with Crippen LogP contribution in [-0.4, -0.2) is 28.8 Å². The maximum absolute atomic E-state index is 11.2. The van der Waals surface area contributed by atoms with Gasteiger partial charge in [-0.05, 0) is 0 Å². The molecule has 72 valence electrons. The number of aromatic nitrogens is 2. The zero-order chi connectivity index (χ0) is 9.97. The van der Waals surface area contributed by atoms with Crippen LogP contribution in [0.1, 0.15) is 13.3 Å². The van der Waals surface area contributed by atoms with Gasteiger partial charge in [-0.15, -0.1) is 0 Å². The fraction of sp³-hybridized carbons (Fsp3) is 0.222. The summed E-state index contributed by atoms with van der Waals surface area (Å²) in [6.07, 6.45) is 0.478. The molecule has 0 fully saturated rings. The summed E-state index contributed by atoms with van der Waals surface area (Å²) in [6.45, 7) is 1.82. The Morgan fingerprint density at radius 3 is 3.14 bits per heavy atom. The van der Waals surface area contributed by atoms with E-state index < -0.39 is 0 Å². The molecule has 0 atom stereocenters. The summed E-state index contributed by atoms with van der Waals surface area (Å²) < 4.78 is 8.51. The van der Waals surface area contributed by atoms with Crippen molar-refractivity contribution in [3.8, 4) is 0 Å². The molecule has 2 rings (SSSR count). The van der Waals surface area contributed by atoms with Crippen molar-refractivity contribution in [2.24, 2.45) is 0 Å². The number of nitrogens with zero attached hydrogens (tertiary/aromatic N) is 2. The molecular formula is C9H9N3OSe. The third-order valence-corrected chi connectivity index (χ3v) is 3.02. The Bertz CT molecular complexity index is 466. The van der Waals surface area contributed by atoms with Gasteiger partial charge in [-0.3, -0.25) is 0 Å². The van der Waals surface area contributed by atoms with Crippen LogP contribution in [0.3, 0.4) is 0 Å². The monoisotopic (exact) mass is 255 g/mol. The van der Waals surface area contributed by atoms with Crippen molar-refractivity contribution in [2.45, 2.75) is 13.3 Å². The summed E-state index contributed by atoms with van der Waals surface area (Å²) in [5, 5.41) is 2.81. The number of carbonyl (C=O) groups excluding carboxylic acids is 1. The molecule has 0 radical (unpaired) electrons. The molecule has 1 heterocycles. The van der Waals surface area contributed by atoms with E-state index in [9.17, 15) is 4.79 Å². The Morgan fingerprint density at radius 1 is 1.50 bits per heavy atom. The van der Waals surface area contributed by atoms with Crippen LogP contribution in [0.5, 0.6) is 0 Å². The quantitative estimate of drug-likeness (QED) is 0.814. The van der Waals surface area contributed by atoms with Gasteiger partial charge in [-0.2, -0.15) is 0 Å². The van der Waals surface area contributed by atoms with Crippen LogP contribution in [-0.2, 0) is 4.79 Å². The van der Waals surface area contributed by atoms with E-state index in [0.29, 0.717) is 6.42 Å². The number of amides is 1. The average molecular weight is 254 g/mol. The van der Waals surface area contributed by atoms with Crippen molar-refractivity contribution in [1.29, 1.82) is 0 Å². The third kappa shape index (κ3) is 1.69. The van der Waals surface area contributed by atoms with Gasteiger partial charge in [0.2, 0.25) is 0 Å². The van der Waals surface area contributed by atoms with E-state index in [1.165, 1.54) is 0 Å². The maximum atomic E-state index is 11.2. The standard InChI is InChI=1S/C9H9N3OSe/c1-2-8(13)10-6-4-3-5-7-9(6)12-14-11-7/h3-5H,2H2,1H3,(H,10,13). The predicted molar refractivity (Wildman–Crippen MR) is 55.4 cm³/mol. The van der Waals surface area contributed by atoms with Crippen molar-refractivity contribution < 1.29 is 4.79 Å². The second-order valence-corrected chi connectivity index (χ2v) is 3.95. The first kappa shape index (κ1) is 9.37. The zero-order valence-electron chi connectivity index (χ0n) is 7.65. The molecule has 0 aliphatic heterocycles. The molecule has 0 unspecified atom stereocenters. The second kappa shape index (κ2) is 3.90. The number of hydrogen-bond donors (Lipinski definition) is 1. The molecule has 0 saturated carbocycles. The Balaban J connectivity index is 2.41. The van der Waals surface area contributed by atoms with E-state index >= 15 is 0 Å². The van der Waals surface area contributed by atoms with E-state index in [2.05, 4.69) is 13.3 Å². The summed E-state index contributed by atoms with van der Waals surface area (Å²) >= 11 is -0.0463. The van der Waals surface area contributed by atoms with Gasteiger partial charge in [0.1, 0.15) is 0 Å². The number of benzene rings is 1. The van der Waals surface area contributed by atoms with Gasteiger partial charge in [-0.25, -0.2) is 0 Å². The van der Waals surface area contributed by atoms with Gasteiger partial charge >= 0.3 is 87.2 Å². The van der Waals surface area contributed by atoms with Crippen molar-refractivity contribution in [3.63, 3.8) is 0 Å². The van der Waals surface area contributed by atoms with E-state index in [1.807, 2.05) is 25.1 Å². The van der Waals surface area contributed by atoms with Crippen molar-refractivity contribution >= 4 is 37.6 Å². The number of rotatable bonds is 2. The van der Waals surface area contributed by atoms with Crippen LogP contribution in [0.2, 0.25) is 0 Å². The van der Waals surface area contributed by atoms with Gasteiger partial charge < -0.3 is 0 Å². The molecule has 1 aromatic carbocycles. The SMILES string of the molecule is CCC(=O)Nc1cccc2n[se]nc12. The Morgan fingerprint density at radius 2 is 2.36 bits per heavy atom. The molecule has 1 N–H and O–H groups in total. The summed E-state index contributed by atoms with van der Waals surface area (Å²) in [5.41, 5.74) is 2.49. The van der Waals surface area contributed by atoms with Crippen LogP contribution in [0.15, 0.2) is 18.2 Å². The van der Waals surface area contributed by atoms with Crippen LogP contribution >= 0.6 is 0 Å². The van der Waals surface area contributed by atoms with Crippen molar-refractivity contribution in [1.82, 2.24) is 7.96 Å².